The monoisotopic (exact) mass is 369 g/mol. The van der Waals surface area contributed by atoms with Crippen molar-refractivity contribution in [3.8, 4) is 23.0 Å². The molecule has 0 aliphatic carbocycles. The van der Waals surface area contributed by atoms with Gasteiger partial charge in [-0.3, -0.25) is 9.69 Å². The van der Waals surface area contributed by atoms with E-state index in [1.807, 2.05) is 31.3 Å². The van der Waals surface area contributed by atoms with Crippen molar-refractivity contribution in [3.05, 3.63) is 47.0 Å². The van der Waals surface area contributed by atoms with E-state index in [0.29, 0.717) is 35.0 Å². The second kappa shape index (κ2) is 7.12. The number of nitrogens with zero attached hydrogens (tertiary/aromatic N) is 1. The summed E-state index contributed by atoms with van der Waals surface area (Å²) < 4.78 is 22.1. The summed E-state index contributed by atoms with van der Waals surface area (Å²) >= 11 is 0. The van der Waals surface area contributed by atoms with Crippen LogP contribution in [0.4, 0.5) is 0 Å². The van der Waals surface area contributed by atoms with Crippen molar-refractivity contribution < 1.29 is 23.7 Å². The molecule has 2 heterocycles. The van der Waals surface area contributed by atoms with Crippen molar-refractivity contribution in [3.63, 3.8) is 0 Å². The van der Waals surface area contributed by atoms with E-state index in [1.165, 1.54) is 0 Å². The summed E-state index contributed by atoms with van der Waals surface area (Å²) in [6.07, 6.45) is 1.23. The number of carbonyl (C=O) groups excluding carboxylic acids is 1. The lowest BCUT2D eigenvalue weighted by Crippen LogP contribution is -2.34. The summed E-state index contributed by atoms with van der Waals surface area (Å²) in [6.45, 7) is 1.06. The molecular formula is C21H23NO5. The molecule has 2 aliphatic heterocycles. The van der Waals surface area contributed by atoms with Gasteiger partial charge in [0, 0.05) is 30.1 Å². The van der Waals surface area contributed by atoms with Gasteiger partial charge in [0.15, 0.2) is 17.3 Å². The second-order valence-corrected chi connectivity index (χ2v) is 6.82. The van der Waals surface area contributed by atoms with Gasteiger partial charge >= 0.3 is 0 Å². The summed E-state index contributed by atoms with van der Waals surface area (Å²) in [4.78, 5) is 15.2. The van der Waals surface area contributed by atoms with Gasteiger partial charge in [0.1, 0.15) is 5.75 Å². The SMILES string of the molecule is COc1cccc(C(=O)CC2c3c(cc4c(c3OC)OCO4)CCN2C)c1. The molecule has 2 aromatic carbocycles. The Morgan fingerprint density at radius 2 is 2.07 bits per heavy atom. The Kier molecular flexibility index (Phi) is 4.66. The molecule has 0 aromatic heterocycles. The van der Waals surface area contributed by atoms with Gasteiger partial charge in [-0.15, -0.1) is 0 Å². The number of rotatable bonds is 5. The lowest BCUT2D eigenvalue weighted by atomic mass is 9.87. The Morgan fingerprint density at radius 1 is 1.22 bits per heavy atom. The predicted molar refractivity (Wildman–Crippen MR) is 100 cm³/mol. The molecule has 6 nitrogen and oxygen atoms in total. The van der Waals surface area contributed by atoms with E-state index in [9.17, 15) is 4.79 Å². The molecule has 27 heavy (non-hydrogen) atoms. The zero-order chi connectivity index (χ0) is 19.0. The zero-order valence-corrected chi connectivity index (χ0v) is 15.8. The van der Waals surface area contributed by atoms with Gasteiger partial charge in [-0.25, -0.2) is 0 Å². The van der Waals surface area contributed by atoms with Gasteiger partial charge in [-0.05, 0) is 37.2 Å². The number of ketones is 1. The van der Waals surface area contributed by atoms with Crippen LogP contribution in [0.5, 0.6) is 23.0 Å². The van der Waals surface area contributed by atoms with Crippen molar-refractivity contribution in [1.29, 1.82) is 0 Å². The van der Waals surface area contributed by atoms with Crippen molar-refractivity contribution in [2.75, 3.05) is 34.6 Å². The average Bonchev–Trinajstić information content (AvgIpc) is 3.16. The van der Waals surface area contributed by atoms with E-state index in [4.69, 9.17) is 18.9 Å². The van der Waals surface area contributed by atoms with Crippen LogP contribution in [-0.2, 0) is 6.42 Å². The lowest BCUT2D eigenvalue weighted by molar-refractivity contribution is 0.0925. The minimum Gasteiger partial charge on any atom is -0.497 e. The maximum absolute atomic E-state index is 13.0. The molecular weight excluding hydrogens is 346 g/mol. The zero-order valence-electron chi connectivity index (χ0n) is 15.8. The van der Waals surface area contributed by atoms with Crippen LogP contribution in [0.25, 0.3) is 0 Å². The highest BCUT2D eigenvalue weighted by Crippen LogP contribution is 2.50. The highest BCUT2D eigenvalue weighted by molar-refractivity contribution is 5.97. The third-order valence-corrected chi connectivity index (χ3v) is 5.32. The first-order valence-corrected chi connectivity index (χ1v) is 8.99. The molecule has 0 radical (unpaired) electrons. The Morgan fingerprint density at radius 3 is 2.85 bits per heavy atom. The van der Waals surface area contributed by atoms with Crippen LogP contribution in [0.15, 0.2) is 30.3 Å². The minimum absolute atomic E-state index is 0.0679. The normalized spacial score (nSPS) is 18.1. The van der Waals surface area contributed by atoms with Gasteiger partial charge < -0.3 is 18.9 Å². The summed E-state index contributed by atoms with van der Waals surface area (Å²) in [7, 11) is 5.27. The Balaban J connectivity index is 1.71. The van der Waals surface area contributed by atoms with E-state index in [1.54, 1.807) is 20.3 Å². The maximum atomic E-state index is 13.0. The molecule has 0 saturated heterocycles. The molecule has 1 unspecified atom stereocenters. The first-order chi connectivity index (χ1) is 13.1. The Labute approximate surface area is 158 Å². The fraction of sp³-hybridized carbons (Fsp3) is 0.381. The van der Waals surface area contributed by atoms with Crippen molar-refractivity contribution in [1.82, 2.24) is 4.90 Å². The third kappa shape index (κ3) is 3.10. The molecule has 0 saturated carbocycles. The molecule has 1 atom stereocenters. The molecule has 2 aromatic rings. The summed E-state index contributed by atoms with van der Waals surface area (Å²) in [5.41, 5.74) is 2.82. The molecule has 6 heteroatoms. The van der Waals surface area contributed by atoms with Gasteiger partial charge in [0.2, 0.25) is 12.5 Å². The van der Waals surface area contributed by atoms with E-state index in [0.717, 1.165) is 24.1 Å². The fourth-order valence-electron chi connectivity index (χ4n) is 3.87. The quantitative estimate of drug-likeness (QED) is 0.754. The van der Waals surface area contributed by atoms with Crippen molar-refractivity contribution >= 4 is 5.78 Å². The number of hydrogen-bond donors (Lipinski definition) is 0. The van der Waals surface area contributed by atoms with E-state index in [2.05, 4.69) is 4.90 Å². The summed E-state index contributed by atoms with van der Waals surface area (Å²) in [5.74, 6) is 2.77. The van der Waals surface area contributed by atoms with Gasteiger partial charge in [-0.2, -0.15) is 0 Å². The van der Waals surface area contributed by atoms with Crippen LogP contribution in [0.3, 0.4) is 0 Å². The number of benzene rings is 2. The van der Waals surface area contributed by atoms with E-state index < -0.39 is 0 Å². The topological polar surface area (TPSA) is 57.2 Å². The number of Topliss-reactive ketones (excluding diaryl/α,β-unsaturated/α-hetero) is 1. The average molecular weight is 369 g/mol. The Bertz CT molecular complexity index is 879. The molecule has 0 fully saturated rings. The molecule has 0 spiro atoms. The molecule has 0 amide bonds. The maximum Gasteiger partial charge on any atom is 0.231 e. The highest BCUT2D eigenvalue weighted by Gasteiger charge is 2.35. The lowest BCUT2D eigenvalue weighted by Gasteiger charge is -2.35. The fourth-order valence-corrected chi connectivity index (χ4v) is 3.87. The number of fused-ring (bicyclic) bond motifs is 2. The molecule has 0 bridgehead atoms. The van der Waals surface area contributed by atoms with Crippen molar-refractivity contribution in [2.24, 2.45) is 0 Å². The Hall–Kier alpha value is -2.73. The largest absolute Gasteiger partial charge is 0.497 e. The van der Waals surface area contributed by atoms with Gasteiger partial charge in [0.05, 0.1) is 14.2 Å². The van der Waals surface area contributed by atoms with Gasteiger partial charge in [0.25, 0.3) is 0 Å². The van der Waals surface area contributed by atoms with Crippen LogP contribution < -0.4 is 18.9 Å². The highest BCUT2D eigenvalue weighted by atomic mass is 16.7. The van der Waals surface area contributed by atoms with Crippen LogP contribution in [0.1, 0.15) is 33.9 Å². The first-order valence-electron chi connectivity index (χ1n) is 8.99. The number of methoxy groups -OCH3 is 2. The van der Waals surface area contributed by atoms with E-state index >= 15 is 0 Å². The second-order valence-electron chi connectivity index (χ2n) is 6.82. The van der Waals surface area contributed by atoms with Crippen LogP contribution in [0.2, 0.25) is 0 Å². The number of likely N-dealkylation sites (N-methyl/N-ethyl adjacent to an activating group) is 1. The van der Waals surface area contributed by atoms with Crippen molar-refractivity contribution in [2.45, 2.75) is 18.9 Å². The smallest absolute Gasteiger partial charge is 0.231 e. The van der Waals surface area contributed by atoms with Crippen LogP contribution in [-0.4, -0.2) is 45.3 Å². The minimum atomic E-state index is -0.0862. The molecule has 0 N–H and O–H groups in total. The molecule has 142 valence electrons. The molecule has 2 aliphatic rings. The van der Waals surface area contributed by atoms with E-state index in [-0.39, 0.29) is 18.6 Å². The van der Waals surface area contributed by atoms with Crippen LogP contribution in [0, 0.1) is 0 Å². The summed E-state index contributed by atoms with van der Waals surface area (Å²) in [5, 5.41) is 0. The predicted octanol–water partition coefficient (Wildman–Crippen LogP) is 3.23. The first kappa shape index (κ1) is 17.7. The number of hydrogen-bond acceptors (Lipinski definition) is 6. The number of ether oxygens (including phenoxy) is 4. The summed E-state index contributed by atoms with van der Waals surface area (Å²) in [6, 6.07) is 9.22. The standard InChI is InChI=1S/C21H23NO5/c1-22-8-7-14-10-18-20(27-12-26-18)21(25-3)19(14)16(22)11-17(23)13-5-4-6-15(9-13)24-2/h4-6,9-10,16H,7-8,11-12H2,1-3H3. The third-order valence-electron chi connectivity index (χ3n) is 5.32. The van der Waals surface area contributed by atoms with Crippen LogP contribution >= 0.6 is 0 Å². The molecule has 4 rings (SSSR count). The van der Waals surface area contributed by atoms with Gasteiger partial charge in [-0.1, -0.05) is 12.1 Å². The number of carbonyl (C=O) groups is 1.